The summed E-state index contributed by atoms with van der Waals surface area (Å²) in [5, 5.41) is 7.68. The molecule has 0 atom stereocenters. The van der Waals surface area contributed by atoms with Crippen LogP contribution in [0.5, 0.6) is 11.5 Å². The van der Waals surface area contributed by atoms with Gasteiger partial charge in [0.1, 0.15) is 11.5 Å². The van der Waals surface area contributed by atoms with Gasteiger partial charge in [-0.15, -0.1) is 0 Å². The number of hydrogen-bond donors (Lipinski definition) is 0. The van der Waals surface area contributed by atoms with E-state index in [0.29, 0.717) is 5.69 Å². The number of alkyl halides is 8. The Bertz CT molecular complexity index is 993. The highest BCUT2D eigenvalue weighted by Gasteiger charge is 2.75. The summed E-state index contributed by atoms with van der Waals surface area (Å²) in [6.07, 6.45) is -4.02. The molecule has 2 rings (SSSR count). The normalized spacial score (nSPS) is 12.8. The van der Waals surface area contributed by atoms with E-state index in [-0.39, 0.29) is 11.4 Å². The molecule has 0 aromatic heterocycles. The Balaban J connectivity index is 2.00. The SMILES string of the molecule is C=CC(=O)Oc1ccc(N=Nc2ccc(OCC(F)(F)C(F)(F)C(F)(F)C(F)F)cc2)cc1. The second kappa shape index (κ2) is 9.96. The van der Waals surface area contributed by atoms with Gasteiger partial charge in [0, 0.05) is 6.08 Å². The van der Waals surface area contributed by atoms with Gasteiger partial charge in [0.05, 0.1) is 11.4 Å². The molecule has 0 unspecified atom stereocenters. The third kappa shape index (κ3) is 6.05. The van der Waals surface area contributed by atoms with Gasteiger partial charge in [-0.3, -0.25) is 0 Å². The van der Waals surface area contributed by atoms with Crippen molar-refractivity contribution >= 4 is 17.3 Å². The lowest BCUT2D eigenvalue weighted by Gasteiger charge is -2.31. The Kier molecular flexibility index (Phi) is 7.77. The van der Waals surface area contributed by atoms with E-state index in [9.17, 15) is 39.9 Å². The van der Waals surface area contributed by atoms with Crippen LogP contribution < -0.4 is 9.47 Å². The van der Waals surface area contributed by atoms with Gasteiger partial charge in [-0.2, -0.15) is 36.6 Å². The quantitative estimate of drug-likeness (QED) is 0.124. The molecule has 178 valence electrons. The lowest BCUT2D eigenvalue weighted by Crippen LogP contribution is -2.59. The minimum atomic E-state index is -6.35. The van der Waals surface area contributed by atoms with E-state index in [1.807, 2.05) is 0 Å². The van der Waals surface area contributed by atoms with Crippen molar-refractivity contribution in [2.24, 2.45) is 10.2 Å². The number of carbonyl (C=O) groups is 1. The second-order valence-corrected chi connectivity index (χ2v) is 6.30. The summed E-state index contributed by atoms with van der Waals surface area (Å²) >= 11 is 0. The van der Waals surface area contributed by atoms with Crippen LogP contribution in [0.1, 0.15) is 0 Å². The smallest absolute Gasteiger partial charge is 0.381 e. The summed E-state index contributed by atoms with van der Waals surface area (Å²) in [4.78, 5) is 11.1. The van der Waals surface area contributed by atoms with Crippen molar-refractivity contribution in [2.45, 2.75) is 24.2 Å². The van der Waals surface area contributed by atoms with E-state index < -0.39 is 42.5 Å². The molecule has 0 fully saturated rings. The highest BCUT2D eigenvalue weighted by Crippen LogP contribution is 2.48. The van der Waals surface area contributed by atoms with Crippen molar-refractivity contribution in [3.63, 3.8) is 0 Å². The monoisotopic (exact) mass is 482 g/mol. The summed E-state index contributed by atoms with van der Waals surface area (Å²) in [5.41, 5.74) is 0.515. The van der Waals surface area contributed by atoms with Crippen molar-refractivity contribution in [1.29, 1.82) is 0 Å². The first kappa shape index (κ1) is 25.7. The maximum absolute atomic E-state index is 13.5. The molecule has 0 saturated heterocycles. The summed E-state index contributed by atoms with van der Waals surface area (Å²) in [7, 11) is 0. The van der Waals surface area contributed by atoms with Crippen LogP contribution in [-0.4, -0.2) is 36.8 Å². The number of nitrogens with zero attached hydrogens (tertiary/aromatic N) is 2. The molecule has 0 radical (unpaired) electrons. The number of carbonyl (C=O) groups excluding carboxylic acids is 1. The molecule has 0 N–H and O–H groups in total. The van der Waals surface area contributed by atoms with Crippen molar-refractivity contribution in [1.82, 2.24) is 0 Å². The molecule has 2 aromatic carbocycles. The standard InChI is InChI=1S/C20H14F8N2O3/c1-2-16(31)33-15-9-5-13(6-10-15)30-29-12-3-7-14(8-4-12)32-11-18(23,24)20(27,28)19(25,26)17(21)22/h2-10,17H,1,11H2. The number of halogens is 8. The number of hydrogen-bond acceptors (Lipinski definition) is 5. The van der Waals surface area contributed by atoms with E-state index in [4.69, 9.17) is 4.74 Å². The minimum Gasteiger partial charge on any atom is -0.487 e. The molecule has 0 amide bonds. The van der Waals surface area contributed by atoms with Gasteiger partial charge in [0.2, 0.25) is 0 Å². The minimum absolute atomic E-state index is 0.172. The molecule has 13 heteroatoms. The van der Waals surface area contributed by atoms with Crippen molar-refractivity contribution in [3.05, 3.63) is 61.2 Å². The van der Waals surface area contributed by atoms with Gasteiger partial charge in [0.15, 0.2) is 6.61 Å². The van der Waals surface area contributed by atoms with Crippen LogP contribution in [0.4, 0.5) is 46.5 Å². The fraction of sp³-hybridized carbons (Fsp3) is 0.250. The summed E-state index contributed by atoms with van der Waals surface area (Å²) in [6, 6.07) is 10.2. The number of azo groups is 1. The Morgan fingerprint density at radius 1 is 0.879 bits per heavy atom. The van der Waals surface area contributed by atoms with Crippen LogP contribution in [0.15, 0.2) is 71.4 Å². The number of esters is 1. The third-order valence-electron chi connectivity index (χ3n) is 3.91. The molecule has 0 saturated carbocycles. The van der Waals surface area contributed by atoms with Crippen molar-refractivity contribution in [3.8, 4) is 11.5 Å². The fourth-order valence-electron chi connectivity index (χ4n) is 2.11. The highest BCUT2D eigenvalue weighted by molar-refractivity contribution is 5.83. The average Bonchev–Trinajstić information content (AvgIpc) is 2.77. The molecular weight excluding hydrogens is 468 g/mol. The van der Waals surface area contributed by atoms with Gasteiger partial charge in [0.25, 0.3) is 0 Å². The van der Waals surface area contributed by atoms with Crippen molar-refractivity contribution in [2.75, 3.05) is 6.61 Å². The van der Waals surface area contributed by atoms with Crippen LogP contribution in [-0.2, 0) is 4.79 Å². The maximum Gasteiger partial charge on any atom is 0.381 e. The number of rotatable bonds is 10. The van der Waals surface area contributed by atoms with Gasteiger partial charge in [-0.05, 0) is 48.5 Å². The first-order valence-electron chi connectivity index (χ1n) is 8.80. The van der Waals surface area contributed by atoms with Gasteiger partial charge in [-0.1, -0.05) is 6.58 Å². The lowest BCUT2D eigenvalue weighted by atomic mass is 10.1. The molecule has 0 heterocycles. The van der Waals surface area contributed by atoms with Gasteiger partial charge >= 0.3 is 30.2 Å². The molecule has 0 spiro atoms. The van der Waals surface area contributed by atoms with Crippen LogP contribution in [0.25, 0.3) is 0 Å². The molecule has 0 aliphatic carbocycles. The summed E-state index contributed by atoms with van der Waals surface area (Å²) in [5.74, 6) is -19.0. The highest BCUT2D eigenvalue weighted by atomic mass is 19.4. The van der Waals surface area contributed by atoms with E-state index in [1.165, 1.54) is 36.4 Å². The zero-order valence-electron chi connectivity index (χ0n) is 16.3. The van der Waals surface area contributed by atoms with Crippen LogP contribution in [0.3, 0.4) is 0 Å². The average molecular weight is 482 g/mol. The Hall–Kier alpha value is -3.51. The number of benzene rings is 2. The summed E-state index contributed by atoms with van der Waals surface area (Å²) < 4.78 is 113. The molecular formula is C20H14F8N2O3. The zero-order valence-corrected chi connectivity index (χ0v) is 16.3. The molecule has 5 nitrogen and oxygen atoms in total. The van der Waals surface area contributed by atoms with Crippen LogP contribution in [0.2, 0.25) is 0 Å². The van der Waals surface area contributed by atoms with E-state index >= 15 is 0 Å². The van der Waals surface area contributed by atoms with E-state index in [0.717, 1.165) is 18.2 Å². The van der Waals surface area contributed by atoms with Crippen LogP contribution >= 0.6 is 0 Å². The Morgan fingerprint density at radius 2 is 1.33 bits per heavy atom. The third-order valence-corrected chi connectivity index (χ3v) is 3.91. The van der Waals surface area contributed by atoms with E-state index in [2.05, 4.69) is 21.5 Å². The largest absolute Gasteiger partial charge is 0.487 e. The number of ether oxygens (including phenoxy) is 2. The topological polar surface area (TPSA) is 60.2 Å². The van der Waals surface area contributed by atoms with Gasteiger partial charge in [-0.25, -0.2) is 13.6 Å². The molecule has 2 aromatic rings. The second-order valence-electron chi connectivity index (χ2n) is 6.30. The van der Waals surface area contributed by atoms with E-state index in [1.54, 1.807) is 0 Å². The van der Waals surface area contributed by atoms with Crippen molar-refractivity contribution < 1.29 is 49.4 Å². The van der Waals surface area contributed by atoms with Gasteiger partial charge < -0.3 is 9.47 Å². The maximum atomic E-state index is 13.5. The molecule has 0 aliphatic rings. The zero-order chi connectivity index (χ0) is 24.9. The Labute approximate surface area is 181 Å². The molecule has 0 bridgehead atoms. The molecule has 33 heavy (non-hydrogen) atoms. The lowest BCUT2D eigenvalue weighted by molar-refractivity contribution is -0.342. The molecule has 0 aliphatic heterocycles. The Morgan fingerprint density at radius 3 is 1.76 bits per heavy atom. The first-order chi connectivity index (χ1) is 15.3. The fourth-order valence-corrected chi connectivity index (χ4v) is 2.11. The first-order valence-corrected chi connectivity index (χ1v) is 8.80. The predicted octanol–water partition coefficient (Wildman–Crippen LogP) is 6.74. The predicted molar refractivity (Wildman–Crippen MR) is 99.2 cm³/mol. The van der Waals surface area contributed by atoms with Crippen LogP contribution in [0, 0.1) is 0 Å². The summed E-state index contributed by atoms with van der Waals surface area (Å²) in [6.45, 7) is 0.977.